The van der Waals surface area contributed by atoms with E-state index in [2.05, 4.69) is 18.7 Å². The lowest BCUT2D eigenvalue weighted by Gasteiger charge is -2.26. The van der Waals surface area contributed by atoms with Gasteiger partial charge in [0.15, 0.2) is 0 Å². The highest BCUT2D eigenvalue weighted by molar-refractivity contribution is 4.69. The van der Waals surface area contributed by atoms with Crippen LogP contribution in [0.2, 0.25) is 0 Å². The van der Waals surface area contributed by atoms with Crippen LogP contribution in [-0.4, -0.2) is 96.4 Å². The summed E-state index contributed by atoms with van der Waals surface area (Å²) in [7, 11) is 1.00. The van der Waals surface area contributed by atoms with Gasteiger partial charge in [-0.3, -0.25) is 9.80 Å². The van der Waals surface area contributed by atoms with Crippen molar-refractivity contribution in [1.29, 1.82) is 0 Å². The van der Waals surface area contributed by atoms with Crippen LogP contribution in [0.3, 0.4) is 0 Å². The lowest BCUT2D eigenvalue weighted by Crippen LogP contribution is -2.38. The van der Waals surface area contributed by atoms with Gasteiger partial charge in [0.1, 0.15) is 0 Å². The number of hydrogen-bond donors (Lipinski definition) is 3. The normalized spacial score (nSPS) is 20.4. The lowest BCUT2D eigenvalue weighted by molar-refractivity contribution is 0.0723. The molecule has 6 nitrogen and oxygen atoms in total. The molecule has 0 aromatic heterocycles. The summed E-state index contributed by atoms with van der Waals surface area (Å²) < 4.78 is 0. The molecule has 1 aliphatic rings. The first kappa shape index (κ1) is 18.8. The number of hydrogen-bond acceptors (Lipinski definition) is 6. The average Bonchev–Trinajstić information content (AvgIpc) is 2.51. The summed E-state index contributed by atoms with van der Waals surface area (Å²) in [4.78, 5) is 6.48. The van der Waals surface area contributed by atoms with E-state index >= 15 is 0 Å². The van der Waals surface area contributed by atoms with Crippen LogP contribution in [0.4, 0.5) is 0 Å². The molecule has 6 heteroatoms. The standard InChI is InChI=1S/C12H27N3O2.CH4O/c1-12(2)9-13-3-5-14(10-16)7-8-15(11-17)6-4-13;1-2/h12,16-17H,3-11H2,1-2H3;2H,1H3. The van der Waals surface area contributed by atoms with Crippen LogP contribution < -0.4 is 0 Å². The molecule has 0 radical (unpaired) electrons. The molecule has 0 spiro atoms. The van der Waals surface area contributed by atoms with Crippen LogP contribution in [0.5, 0.6) is 0 Å². The minimum absolute atomic E-state index is 0.106. The van der Waals surface area contributed by atoms with Gasteiger partial charge in [-0.05, 0) is 5.92 Å². The topological polar surface area (TPSA) is 70.4 Å². The summed E-state index contributed by atoms with van der Waals surface area (Å²) in [5.74, 6) is 0.654. The Morgan fingerprint density at radius 3 is 1.32 bits per heavy atom. The molecule has 19 heavy (non-hydrogen) atoms. The van der Waals surface area contributed by atoms with Crippen molar-refractivity contribution in [2.24, 2.45) is 5.92 Å². The Labute approximate surface area is 117 Å². The first-order chi connectivity index (χ1) is 9.15. The van der Waals surface area contributed by atoms with E-state index in [-0.39, 0.29) is 13.5 Å². The SMILES string of the molecule is CC(C)CN1CCN(CO)CCN(CO)CC1.CO. The minimum Gasteiger partial charge on any atom is -0.400 e. The number of rotatable bonds is 4. The van der Waals surface area contributed by atoms with Gasteiger partial charge in [-0.25, -0.2) is 0 Å². The van der Waals surface area contributed by atoms with Gasteiger partial charge in [0.05, 0.1) is 13.5 Å². The summed E-state index contributed by atoms with van der Waals surface area (Å²) in [6.45, 7) is 11.2. The minimum atomic E-state index is 0.106. The van der Waals surface area contributed by atoms with Crippen LogP contribution in [0.25, 0.3) is 0 Å². The Morgan fingerprint density at radius 2 is 1.05 bits per heavy atom. The zero-order valence-corrected chi connectivity index (χ0v) is 12.6. The second-order valence-corrected chi connectivity index (χ2v) is 5.21. The van der Waals surface area contributed by atoms with Gasteiger partial charge >= 0.3 is 0 Å². The third kappa shape index (κ3) is 8.52. The molecule has 0 amide bonds. The quantitative estimate of drug-likeness (QED) is 0.617. The molecule has 0 bridgehead atoms. The summed E-state index contributed by atoms with van der Waals surface area (Å²) >= 11 is 0. The molecule has 0 aromatic rings. The molecule has 0 aromatic carbocycles. The highest BCUT2D eigenvalue weighted by atomic mass is 16.3. The fourth-order valence-electron chi connectivity index (χ4n) is 2.17. The van der Waals surface area contributed by atoms with Gasteiger partial charge in [0.25, 0.3) is 0 Å². The van der Waals surface area contributed by atoms with Crippen molar-refractivity contribution in [2.45, 2.75) is 13.8 Å². The van der Waals surface area contributed by atoms with Crippen molar-refractivity contribution in [3.8, 4) is 0 Å². The second-order valence-electron chi connectivity index (χ2n) is 5.21. The monoisotopic (exact) mass is 277 g/mol. The Kier molecular flexibility index (Phi) is 11.4. The predicted octanol–water partition coefficient (Wildman–Crippen LogP) is -0.930. The van der Waals surface area contributed by atoms with Crippen LogP contribution >= 0.6 is 0 Å². The van der Waals surface area contributed by atoms with Crippen LogP contribution in [0.15, 0.2) is 0 Å². The molecule has 1 saturated heterocycles. The highest BCUT2D eigenvalue weighted by Gasteiger charge is 2.15. The number of aliphatic hydroxyl groups is 3. The lowest BCUT2D eigenvalue weighted by atomic mass is 10.2. The largest absolute Gasteiger partial charge is 0.400 e. The van der Waals surface area contributed by atoms with Gasteiger partial charge in [0, 0.05) is 52.9 Å². The van der Waals surface area contributed by atoms with E-state index in [1.54, 1.807) is 0 Å². The molecule has 0 saturated carbocycles. The Morgan fingerprint density at radius 1 is 0.737 bits per heavy atom. The smallest absolute Gasteiger partial charge is 0.0957 e. The Balaban J connectivity index is 0.00000154. The van der Waals surface area contributed by atoms with E-state index in [0.717, 1.165) is 52.9 Å². The van der Waals surface area contributed by atoms with Crippen LogP contribution in [-0.2, 0) is 0 Å². The molecule has 1 rings (SSSR count). The Hall–Kier alpha value is -0.240. The summed E-state index contributed by atoms with van der Waals surface area (Å²) in [6.07, 6.45) is 0. The van der Waals surface area contributed by atoms with Crippen molar-refractivity contribution in [3.63, 3.8) is 0 Å². The first-order valence-electron chi connectivity index (χ1n) is 6.99. The molecule has 116 valence electrons. The van der Waals surface area contributed by atoms with Gasteiger partial charge in [-0.2, -0.15) is 0 Å². The van der Waals surface area contributed by atoms with E-state index in [9.17, 15) is 10.2 Å². The fourth-order valence-corrected chi connectivity index (χ4v) is 2.17. The highest BCUT2D eigenvalue weighted by Crippen LogP contribution is 2.03. The molecular formula is C13H31N3O3. The zero-order valence-electron chi connectivity index (χ0n) is 12.6. The van der Waals surface area contributed by atoms with Crippen molar-refractivity contribution < 1.29 is 15.3 Å². The van der Waals surface area contributed by atoms with Gasteiger partial charge in [-0.15, -0.1) is 0 Å². The summed E-state index contributed by atoms with van der Waals surface area (Å²) in [5.41, 5.74) is 0. The zero-order chi connectivity index (χ0) is 14.7. The van der Waals surface area contributed by atoms with E-state index in [0.29, 0.717) is 5.92 Å². The van der Waals surface area contributed by atoms with Crippen molar-refractivity contribution in [1.82, 2.24) is 14.7 Å². The van der Waals surface area contributed by atoms with E-state index in [4.69, 9.17) is 5.11 Å². The van der Waals surface area contributed by atoms with Gasteiger partial charge < -0.3 is 20.2 Å². The van der Waals surface area contributed by atoms with Crippen LogP contribution in [0, 0.1) is 5.92 Å². The van der Waals surface area contributed by atoms with Gasteiger partial charge in [0.2, 0.25) is 0 Å². The van der Waals surface area contributed by atoms with Crippen molar-refractivity contribution >= 4 is 0 Å². The Bertz CT molecular complexity index is 190. The molecule has 0 aliphatic carbocycles. The van der Waals surface area contributed by atoms with E-state index < -0.39 is 0 Å². The average molecular weight is 277 g/mol. The van der Waals surface area contributed by atoms with Crippen molar-refractivity contribution in [2.75, 3.05) is 66.4 Å². The molecule has 0 unspecified atom stereocenters. The molecule has 3 N–H and O–H groups in total. The third-order valence-electron chi connectivity index (χ3n) is 3.22. The molecule has 1 aliphatic heterocycles. The fraction of sp³-hybridized carbons (Fsp3) is 1.00. The summed E-state index contributed by atoms with van der Waals surface area (Å²) in [5, 5.41) is 25.5. The summed E-state index contributed by atoms with van der Waals surface area (Å²) in [6, 6.07) is 0. The molecule has 1 heterocycles. The van der Waals surface area contributed by atoms with Crippen molar-refractivity contribution in [3.05, 3.63) is 0 Å². The molecule has 0 atom stereocenters. The third-order valence-corrected chi connectivity index (χ3v) is 3.22. The van der Waals surface area contributed by atoms with E-state index in [1.165, 1.54) is 0 Å². The number of nitrogens with zero attached hydrogens (tertiary/aromatic N) is 3. The first-order valence-corrected chi connectivity index (χ1v) is 6.99. The maximum absolute atomic E-state index is 9.25. The second kappa shape index (κ2) is 11.6. The molecular weight excluding hydrogens is 246 g/mol. The number of aliphatic hydroxyl groups excluding tert-OH is 3. The van der Waals surface area contributed by atoms with Crippen LogP contribution in [0.1, 0.15) is 13.8 Å². The predicted molar refractivity (Wildman–Crippen MR) is 76.7 cm³/mol. The molecule has 1 fully saturated rings. The maximum Gasteiger partial charge on any atom is 0.0957 e. The van der Waals surface area contributed by atoms with E-state index in [1.807, 2.05) is 9.80 Å². The maximum atomic E-state index is 9.25. The van der Waals surface area contributed by atoms with Gasteiger partial charge in [-0.1, -0.05) is 13.8 Å².